The van der Waals surface area contributed by atoms with E-state index >= 15 is 0 Å². The Morgan fingerprint density at radius 3 is 2.39 bits per heavy atom. The predicted molar refractivity (Wildman–Crippen MR) is 117 cm³/mol. The highest BCUT2D eigenvalue weighted by molar-refractivity contribution is 5.64. The Morgan fingerprint density at radius 2 is 1.64 bits per heavy atom. The van der Waals surface area contributed by atoms with Crippen molar-refractivity contribution in [2.45, 2.75) is 32.6 Å². The van der Waals surface area contributed by atoms with Gasteiger partial charge in [-0.25, -0.2) is 4.98 Å². The van der Waals surface area contributed by atoms with Crippen molar-refractivity contribution >= 4 is 28.8 Å². The summed E-state index contributed by atoms with van der Waals surface area (Å²) in [7, 11) is 0. The third kappa shape index (κ3) is 4.25. The van der Waals surface area contributed by atoms with Crippen molar-refractivity contribution in [2.75, 3.05) is 28.6 Å². The lowest BCUT2D eigenvalue weighted by Gasteiger charge is -2.18. The standard InChI is InChI=1S/C23H27N5/c1-17(2)20-7-3-4-8-21(20)26-22-13-14-24-23(27-22)25-18-9-11-19(12-10-18)28-15-5-6-16-28/h3-4,7-14,17H,5-6,15-16H2,1-2H3,(H2,24,25,26,27). The van der Waals surface area contributed by atoms with Crippen LogP contribution < -0.4 is 15.5 Å². The second kappa shape index (κ2) is 8.30. The van der Waals surface area contributed by atoms with E-state index in [0.29, 0.717) is 11.9 Å². The SMILES string of the molecule is CC(C)c1ccccc1Nc1ccnc(Nc2ccc(N3CCCC3)cc2)n1. The molecule has 0 aliphatic carbocycles. The number of benzene rings is 2. The molecule has 5 nitrogen and oxygen atoms in total. The van der Waals surface area contributed by atoms with E-state index in [0.717, 1.165) is 30.3 Å². The Labute approximate surface area is 166 Å². The molecule has 0 spiro atoms. The van der Waals surface area contributed by atoms with E-state index in [2.05, 4.69) is 81.8 Å². The first kappa shape index (κ1) is 18.3. The van der Waals surface area contributed by atoms with E-state index in [9.17, 15) is 0 Å². The van der Waals surface area contributed by atoms with Crippen LogP contribution in [0.1, 0.15) is 38.2 Å². The highest BCUT2D eigenvalue weighted by Crippen LogP contribution is 2.27. The van der Waals surface area contributed by atoms with Crippen molar-refractivity contribution in [2.24, 2.45) is 0 Å². The Bertz CT molecular complexity index is 914. The summed E-state index contributed by atoms with van der Waals surface area (Å²) in [6.07, 6.45) is 4.34. The first-order valence-corrected chi connectivity index (χ1v) is 10.00. The highest BCUT2D eigenvalue weighted by Gasteiger charge is 2.12. The van der Waals surface area contributed by atoms with Gasteiger partial charge in [-0.15, -0.1) is 0 Å². The van der Waals surface area contributed by atoms with Gasteiger partial charge in [0.15, 0.2) is 0 Å². The molecule has 2 N–H and O–H groups in total. The number of hydrogen-bond acceptors (Lipinski definition) is 5. The zero-order valence-corrected chi connectivity index (χ0v) is 16.5. The number of hydrogen-bond donors (Lipinski definition) is 2. The van der Waals surface area contributed by atoms with Gasteiger partial charge >= 0.3 is 0 Å². The monoisotopic (exact) mass is 373 g/mol. The lowest BCUT2D eigenvalue weighted by molar-refractivity contribution is 0.869. The van der Waals surface area contributed by atoms with Gasteiger partial charge in [0.25, 0.3) is 0 Å². The van der Waals surface area contributed by atoms with E-state index in [1.165, 1.54) is 24.1 Å². The molecule has 2 heterocycles. The molecular weight excluding hydrogens is 346 g/mol. The number of rotatable bonds is 6. The Balaban J connectivity index is 1.47. The normalized spacial score (nSPS) is 13.8. The van der Waals surface area contributed by atoms with Crippen molar-refractivity contribution in [3.63, 3.8) is 0 Å². The summed E-state index contributed by atoms with van der Waals surface area (Å²) in [5.74, 6) is 1.80. The first-order valence-electron chi connectivity index (χ1n) is 10.00. The molecule has 5 heteroatoms. The number of anilines is 5. The fraction of sp³-hybridized carbons (Fsp3) is 0.304. The van der Waals surface area contributed by atoms with Crippen LogP contribution in [0.5, 0.6) is 0 Å². The van der Waals surface area contributed by atoms with Crippen LogP contribution in [0.3, 0.4) is 0 Å². The molecule has 1 aliphatic rings. The van der Waals surface area contributed by atoms with Gasteiger partial charge in [0.1, 0.15) is 5.82 Å². The molecule has 1 fully saturated rings. The lowest BCUT2D eigenvalue weighted by atomic mass is 10.0. The number of para-hydroxylation sites is 1. The van der Waals surface area contributed by atoms with Crippen LogP contribution in [0.4, 0.5) is 28.8 Å². The van der Waals surface area contributed by atoms with Crippen LogP contribution in [0.25, 0.3) is 0 Å². The molecule has 1 aromatic heterocycles. The van der Waals surface area contributed by atoms with Gasteiger partial charge in [-0.3, -0.25) is 0 Å². The summed E-state index contributed by atoms with van der Waals surface area (Å²) >= 11 is 0. The van der Waals surface area contributed by atoms with Gasteiger partial charge in [0.2, 0.25) is 5.95 Å². The minimum absolute atomic E-state index is 0.442. The molecule has 0 saturated carbocycles. The maximum absolute atomic E-state index is 4.62. The van der Waals surface area contributed by atoms with Gasteiger partial charge in [-0.05, 0) is 60.7 Å². The number of nitrogens with zero attached hydrogens (tertiary/aromatic N) is 3. The summed E-state index contributed by atoms with van der Waals surface area (Å²) < 4.78 is 0. The summed E-state index contributed by atoms with van der Waals surface area (Å²) in [5, 5.41) is 6.73. The fourth-order valence-corrected chi connectivity index (χ4v) is 3.60. The summed E-state index contributed by atoms with van der Waals surface area (Å²) in [6.45, 7) is 6.70. The molecule has 0 bridgehead atoms. The molecule has 28 heavy (non-hydrogen) atoms. The van der Waals surface area contributed by atoms with Crippen LogP contribution in [-0.4, -0.2) is 23.1 Å². The molecule has 3 aromatic rings. The van der Waals surface area contributed by atoms with Crippen LogP contribution >= 0.6 is 0 Å². The van der Waals surface area contributed by atoms with E-state index in [4.69, 9.17) is 0 Å². The molecule has 1 saturated heterocycles. The van der Waals surface area contributed by atoms with Gasteiger partial charge in [-0.2, -0.15) is 4.98 Å². The van der Waals surface area contributed by atoms with Crippen LogP contribution in [0.15, 0.2) is 60.8 Å². The van der Waals surface area contributed by atoms with Gasteiger partial charge in [-0.1, -0.05) is 32.0 Å². The average Bonchev–Trinajstić information content (AvgIpc) is 3.24. The average molecular weight is 374 g/mol. The minimum atomic E-state index is 0.442. The molecule has 0 radical (unpaired) electrons. The Hall–Kier alpha value is -3.08. The summed E-state index contributed by atoms with van der Waals surface area (Å²) in [4.78, 5) is 11.4. The van der Waals surface area contributed by atoms with Gasteiger partial charge < -0.3 is 15.5 Å². The van der Waals surface area contributed by atoms with Crippen LogP contribution in [-0.2, 0) is 0 Å². The number of aromatic nitrogens is 2. The zero-order valence-electron chi connectivity index (χ0n) is 16.5. The fourth-order valence-electron chi connectivity index (χ4n) is 3.60. The first-order chi connectivity index (χ1) is 13.7. The van der Waals surface area contributed by atoms with E-state index in [1.54, 1.807) is 6.20 Å². The van der Waals surface area contributed by atoms with Crippen LogP contribution in [0, 0.1) is 0 Å². The molecule has 1 aliphatic heterocycles. The molecule has 0 amide bonds. The number of nitrogens with one attached hydrogen (secondary N) is 2. The van der Waals surface area contributed by atoms with Gasteiger partial charge in [0, 0.05) is 36.3 Å². The zero-order chi connectivity index (χ0) is 19.3. The van der Waals surface area contributed by atoms with Crippen molar-refractivity contribution in [1.82, 2.24) is 9.97 Å². The van der Waals surface area contributed by atoms with E-state index in [1.807, 2.05) is 12.1 Å². The largest absolute Gasteiger partial charge is 0.372 e. The second-order valence-corrected chi connectivity index (χ2v) is 7.50. The Kier molecular flexibility index (Phi) is 5.42. The summed E-state index contributed by atoms with van der Waals surface area (Å²) in [6, 6.07) is 18.7. The topological polar surface area (TPSA) is 53.1 Å². The third-order valence-electron chi connectivity index (χ3n) is 5.10. The molecule has 0 unspecified atom stereocenters. The Morgan fingerprint density at radius 1 is 0.893 bits per heavy atom. The third-order valence-corrected chi connectivity index (χ3v) is 5.10. The lowest BCUT2D eigenvalue weighted by Crippen LogP contribution is -2.17. The molecule has 0 atom stereocenters. The highest BCUT2D eigenvalue weighted by atomic mass is 15.2. The minimum Gasteiger partial charge on any atom is -0.372 e. The van der Waals surface area contributed by atoms with Crippen molar-refractivity contribution in [1.29, 1.82) is 0 Å². The summed E-state index contributed by atoms with van der Waals surface area (Å²) in [5.41, 5.74) is 4.62. The van der Waals surface area contributed by atoms with Gasteiger partial charge in [0.05, 0.1) is 0 Å². The van der Waals surface area contributed by atoms with E-state index in [-0.39, 0.29) is 0 Å². The van der Waals surface area contributed by atoms with Crippen molar-refractivity contribution in [3.05, 3.63) is 66.4 Å². The smallest absolute Gasteiger partial charge is 0.229 e. The second-order valence-electron chi connectivity index (χ2n) is 7.50. The van der Waals surface area contributed by atoms with Crippen LogP contribution in [0.2, 0.25) is 0 Å². The van der Waals surface area contributed by atoms with Crippen molar-refractivity contribution < 1.29 is 0 Å². The predicted octanol–water partition coefficient (Wildman–Crippen LogP) is 5.69. The van der Waals surface area contributed by atoms with Crippen molar-refractivity contribution in [3.8, 4) is 0 Å². The molecule has 144 valence electrons. The molecule has 2 aromatic carbocycles. The molecular formula is C23H27N5. The maximum Gasteiger partial charge on any atom is 0.229 e. The quantitative estimate of drug-likeness (QED) is 0.581. The molecule has 4 rings (SSSR count). The maximum atomic E-state index is 4.62. The van der Waals surface area contributed by atoms with E-state index < -0.39 is 0 Å².